The first-order valence-corrected chi connectivity index (χ1v) is 6.25. The normalized spacial score (nSPS) is 10.6. The van der Waals surface area contributed by atoms with Gasteiger partial charge in [0.05, 0.1) is 6.61 Å². The van der Waals surface area contributed by atoms with E-state index >= 15 is 0 Å². The predicted octanol–water partition coefficient (Wildman–Crippen LogP) is 2.89. The Labute approximate surface area is 112 Å². The van der Waals surface area contributed by atoms with E-state index in [0.29, 0.717) is 31.1 Å². The lowest BCUT2D eigenvalue weighted by Gasteiger charge is -2.03. The van der Waals surface area contributed by atoms with E-state index in [4.69, 9.17) is 9.15 Å². The molecule has 0 radical (unpaired) electrons. The number of carbonyl (C=O) groups is 1. The highest BCUT2D eigenvalue weighted by Crippen LogP contribution is 2.26. The third-order valence-electron chi connectivity index (χ3n) is 2.76. The SMILES string of the molecule is C=CCNC(=O)c1oc2ccccc2c1COCC. The van der Waals surface area contributed by atoms with Gasteiger partial charge in [-0.05, 0) is 13.0 Å². The van der Waals surface area contributed by atoms with E-state index in [1.165, 1.54) is 0 Å². The Bertz CT molecular complexity index is 586. The Morgan fingerprint density at radius 3 is 3.00 bits per heavy atom. The molecular formula is C15H17NO3. The minimum absolute atomic E-state index is 0.245. The van der Waals surface area contributed by atoms with Crippen LogP contribution in [0.15, 0.2) is 41.3 Å². The van der Waals surface area contributed by atoms with Gasteiger partial charge < -0.3 is 14.5 Å². The van der Waals surface area contributed by atoms with Crippen molar-refractivity contribution in [1.82, 2.24) is 5.32 Å². The third kappa shape index (κ3) is 2.85. The van der Waals surface area contributed by atoms with Crippen molar-refractivity contribution in [2.45, 2.75) is 13.5 Å². The van der Waals surface area contributed by atoms with Gasteiger partial charge in [-0.25, -0.2) is 0 Å². The van der Waals surface area contributed by atoms with Crippen molar-refractivity contribution in [3.8, 4) is 0 Å². The average molecular weight is 259 g/mol. The molecular weight excluding hydrogens is 242 g/mol. The van der Waals surface area contributed by atoms with Crippen molar-refractivity contribution < 1.29 is 13.9 Å². The van der Waals surface area contributed by atoms with E-state index in [-0.39, 0.29) is 5.91 Å². The van der Waals surface area contributed by atoms with Gasteiger partial charge in [-0.3, -0.25) is 4.79 Å². The lowest BCUT2D eigenvalue weighted by atomic mass is 10.1. The van der Waals surface area contributed by atoms with Gasteiger partial charge in [0, 0.05) is 24.1 Å². The summed E-state index contributed by atoms with van der Waals surface area (Å²) in [6.07, 6.45) is 1.63. The van der Waals surface area contributed by atoms with E-state index in [0.717, 1.165) is 10.9 Å². The summed E-state index contributed by atoms with van der Waals surface area (Å²) in [7, 11) is 0. The second-order valence-corrected chi connectivity index (χ2v) is 4.04. The number of hydrogen-bond donors (Lipinski definition) is 1. The summed E-state index contributed by atoms with van der Waals surface area (Å²) >= 11 is 0. The monoisotopic (exact) mass is 259 g/mol. The van der Waals surface area contributed by atoms with Gasteiger partial charge in [0.15, 0.2) is 5.76 Å². The van der Waals surface area contributed by atoms with Gasteiger partial charge in [0.1, 0.15) is 5.58 Å². The first kappa shape index (κ1) is 13.4. The summed E-state index contributed by atoms with van der Waals surface area (Å²) < 4.78 is 11.0. The maximum Gasteiger partial charge on any atom is 0.287 e. The molecule has 0 unspecified atom stereocenters. The molecule has 4 heteroatoms. The van der Waals surface area contributed by atoms with Gasteiger partial charge in [-0.2, -0.15) is 0 Å². The molecule has 2 rings (SSSR count). The number of hydrogen-bond acceptors (Lipinski definition) is 3. The van der Waals surface area contributed by atoms with Crippen LogP contribution in [-0.4, -0.2) is 19.1 Å². The molecule has 19 heavy (non-hydrogen) atoms. The molecule has 0 saturated carbocycles. The summed E-state index contributed by atoms with van der Waals surface area (Å²) in [4.78, 5) is 12.0. The lowest BCUT2D eigenvalue weighted by molar-refractivity contribution is 0.0919. The van der Waals surface area contributed by atoms with E-state index in [2.05, 4.69) is 11.9 Å². The van der Waals surface area contributed by atoms with Crippen LogP contribution in [0.25, 0.3) is 11.0 Å². The average Bonchev–Trinajstić information content (AvgIpc) is 2.81. The number of carbonyl (C=O) groups excluding carboxylic acids is 1. The van der Waals surface area contributed by atoms with Gasteiger partial charge >= 0.3 is 0 Å². The maximum atomic E-state index is 12.0. The topological polar surface area (TPSA) is 51.5 Å². The highest BCUT2D eigenvalue weighted by Gasteiger charge is 2.19. The van der Waals surface area contributed by atoms with Gasteiger partial charge in [0.2, 0.25) is 0 Å². The zero-order valence-electron chi connectivity index (χ0n) is 10.9. The van der Waals surface area contributed by atoms with E-state index < -0.39 is 0 Å². The molecule has 1 amide bonds. The van der Waals surface area contributed by atoms with Crippen LogP contribution in [0.5, 0.6) is 0 Å². The molecule has 100 valence electrons. The number of ether oxygens (including phenoxy) is 1. The van der Waals surface area contributed by atoms with Crippen molar-refractivity contribution in [2.75, 3.05) is 13.2 Å². The van der Waals surface area contributed by atoms with E-state index in [9.17, 15) is 4.79 Å². The molecule has 1 aromatic heterocycles. The van der Waals surface area contributed by atoms with Gasteiger partial charge in [-0.15, -0.1) is 6.58 Å². The summed E-state index contributed by atoms with van der Waals surface area (Å²) in [5.74, 6) is 0.0716. The second-order valence-electron chi connectivity index (χ2n) is 4.04. The van der Waals surface area contributed by atoms with Gasteiger partial charge in [-0.1, -0.05) is 24.3 Å². The zero-order valence-corrected chi connectivity index (χ0v) is 10.9. The molecule has 0 spiro atoms. The Balaban J connectivity index is 2.40. The van der Waals surface area contributed by atoms with Gasteiger partial charge in [0.25, 0.3) is 5.91 Å². The molecule has 1 heterocycles. The van der Waals surface area contributed by atoms with Crippen LogP contribution < -0.4 is 5.32 Å². The molecule has 0 bridgehead atoms. The zero-order chi connectivity index (χ0) is 13.7. The number of nitrogens with one attached hydrogen (secondary N) is 1. The minimum Gasteiger partial charge on any atom is -0.451 e. The molecule has 2 aromatic rings. The lowest BCUT2D eigenvalue weighted by Crippen LogP contribution is -2.23. The smallest absolute Gasteiger partial charge is 0.287 e. The Morgan fingerprint density at radius 2 is 2.26 bits per heavy atom. The fraction of sp³-hybridized carbons (Fsp3) is 0.267. The van der Waals surface area contributed by atoms with E-state index in [1.54, 1.807) is 6.08 Å². The molecule has 0 fully saturated rings. The Morgan fingerprint density at radius 1 is 1.47 bits per heavy atom. The molecule has 0 atom stereocenters. The first-order valence-electron chi connectivity index (χ1n) is 6.25. The standard InChI is InChI=1S/C15H17NO3/c1-3-9-16-15(17)14-12(10-18-4-2)11-7-5-6-8-13(11)19-14/h3,5-8H,1,4,9-10H2,2H3,(H,16,17). The molecule has 4 nitrogen and oxygen atoms in total. The summed E-state index contributed by atoms with van der Waals surface area (Å²) in [6, 6.07) is 7.56. The van der Waals surface area contributed by atoms with Crippen molar-refractivity contribution >= 4 is 16.9 Å². The quantitative estimate of drug-likeness (QED) is 0.811. The fourth-order valence-corrected chi connectivity index (χ4v) is 1.87. The number of furan rings is 1. The molecule has 0 aliphatic rings. The molecule has 0 saturated heterocycles. The fourth-order valence-electron chi connectivity index (χ4n) is 1.87. The van der Waals surface area contributed by atoms with Crippen LogP contribution in [0.3, 0.4) is 0 Å². The van der Waals surface area contributed by atoms with Crippen LogP contribution in [0, 0.1) is 0 Å². The maximum absolute atomic E-state index is 12.0. The second kappa shape index (κ2) is 6.20. The van der Waals surface area contributed by atoms with Crippen LogP contribution in [0.2, 0.25) is 0 Å². The number of fused-ring (bicyclic) bond motifs is 1. The number of benzene rings is 1. The molecule has 0 aliphatic carbocycles. The number of rotatable bonds is 6. The highest BCUT2D eigenvalue weighted by molar-refractivity contribution is 5.99. The predicted molar refractivity (Wildman–Crippen MR) is 74.1 cm³/mol. The van der Waals surface area contributed by atoms with Crippen molar-refractivity contribution in [2.24, 2.45) is 0 Å². The third-order valence-corrected chi connectivity index (χ3v) is 2.76. The minimum atomic E-state index is -0.245. The Kier molecular flexibility index (Phi) is 4.36. The van der Waals surface area contributed by atoms with Crippen molar-refractivity contribution in [3.63, 3.8) is 0 Å². The van der Waals surface area contributed by atoms with Crippen LogP contribution >= 0.6 is 0 Å². The van der Waals surface area contributed by atoms with E-state index in [1.807, 2.05) is 31.2 Å². The Hall–Kier alpha value is -2.07. The van der Waals surface area contributed by atoms with Crippen LogP contribution in [-0.2, 0) is 11.3 Å². The van der Waals surface area contributed by atoms with Crippen molar-refractivity contribution in [1.29, 1.82) is 0 Å². The molecule has 0 aliphatic heterocycles. The van der Waals surface area contributed by atoms with Crippen molar-refractivity contribution in [3.05, 3.63) is 48.2 Å². The van der Waals surface area contributed by atoms with Crippen LogP contribution in [0.1, 0.15) is 23.0 Å². The number of amides is 1. The summed E-state index contributed by atoms with van der Waals surface area (Å²) in [6.45, 7) is 6.85. The largest absolute Gasteiger partial charge is 0.451 e. The first-order chi connectivity index (χ1) is 9.27. The summed E-state index contributed by atoms with van der Waals surface area (Å²) in [5.41, 5.74) is 1.49. The van der Waals surface area contributed by atoms with Crippen LogP contribution in [0.4, 0.5) is 0 Å². The summed E-state index contributed by atoms with van der Waals surface area (Å²) in [5, 5.41) is 3.64. The molecule has 1 N–H and O–H groups in total. The molecule has 1 aromatic carbocycles. The number of para-hydroxylation sites is 1. The highest BCUT2D eigenvalue weighted by atomic mass is 16.5.